The molecule has 1 aromatic rings. The standard InChI is InChI=1S/C15H21N2O2/c1-10(2)8-18-13-5-12(7-16)6-14(15(13)17)19-9-11(3)4/h5-6,10-11,17H,8-9H2,1-4H3. The largest absolute Gasteiger partial charge is 0.491 e. The number of nitrogens with one attached hydrogen (secondary N) is 1. The maximum Gasteiger partial charge on any atom is 0.149 e. The van der Waals surface area contributed by atoms with E-state index in [0.717, 1.165) is 0 Å². The molecule has 0 aliphatic carbocycles. The predicted molar refractivity (Wildman–Crippen MR) is 74.6 cm³/mol. The van der Waals surface area contributed by atoms with Crippen LogP contribution in [0.3, 0.4) is 0 Å². The second-order valence-corrected chi connectivity index (χ2v) is 5.37. The van der Waals surface area contributed by atoms with Crippen LogP contribution in [-0.4, -0.2) is 13.2 Å². The smallest absolute Gasteiger partial charge is 0.149 e. The lowest BCUT2D eigenvalue weighted by Gasteiger charge is -2.15. The Bertz CT molecular complexity index is 429. The molecule has 103 valence electrons. The first-order chi connectivity index (χ1) is 8.93. The van der Waals surface area contributed by atoms with Crippen LogP contribution in [0.15, 0.2) is 12.1 Å². The highest BCUT2D eigenvalue weighted by Gasteiger charge is 2.12. The molecule has 1 aromatic carbocycles. The summed E-state index contributed by atoms with van der Waals surface area (Å²) in [5.41, 5.74) is 8.71. The van der Waals surface area contributed by atoms with Crippen molar-refractivity contribution in [2.45, 2.75) is 27.7 Å². The van der Waals surface area contributed by atoms with Crippen LogP contribution in [0, 0.1) is 23.2 Å². The van der Waals surface area contributed by atoms with Crippen molar-refractivity contribution in [1.29, 1.82) is 5.26 Å². The number of hydrogen-bond donors (Lipinski definition) is 0. The lowest BCUT2D eigenvalue weighted by molar-refractivity contribution is 0.259. The summed E-state index contributed by atoms with van der Waals surface area (Å²) in [4.78, 5) is 0. The van der Waals surface area contributed by atoms with Crippen LogP contribution >= 0.6 is 0 Å². The Balaban J connectivity index is 2.96. The average Bonchev–Trinajstić information content (AvgIpc) is 2.35. The van der Waals surface area contributed by atoms with E-state index in [1.54, 1.807) is 12.1 Å². The van der Waals surface area contributed by atoms with Crippen molar-refractivity contribution in [1.82, 2.24) is 5.73 Å². The number of nitriles is 1. The molecule has 0 bridgehead atoms. The van der Waals surface area contributed by atoms with E-state index in [4.69, 9.17) is 20.5 Å². The molecule has 4 nitrogen and oxygen atoms in total. The second kappa shape index (κ2) is 6.89. The van der Waals surface area contributed by atoms with Crippen LogP contribution in [0.5, 0.6) is 11.5 Å². The molecule has 1 N–H and O–H groups in total. The number of hydrogen-bond acceptors (Lipinski definition) is 3. The highest BCUT2D eigenvalue weighted by atomic mass is 16.5. The molecule has 0 atom stereocenters. The van der Waals surface area contributed by atoms with Gasteiger partial charge in [-0.25, -0.2) is 0 Å². The first kappa shape index (κ1) is 15.2. The molecule has 1 radical (unpaired) electrons. The molecule has 1 rings (SSSR count). The number of rotatable bonds is 6. The Morgan fingerprint density at radius 1 is 1.05 bits per heavy atom. The summed E-state index contributed by atoms with van der Waals surface area (Å²) in [6, 6.07) is 5.25. The van der Waals surface area contributed by atoms with Crippen molar-refractivity contribution in [2.24, 2.45) is 11.8 Å². The van der Waals surface area contributed by atoms with Gasteiger partial charge >= 0.3 is 0 Å². The maximum absolute atomic E-state index is 9.01. The molecule has 0 fully saturated rings. The van der Waals surface area contributed by atoms with Gasteiger partial charge < -0.3 is 9.47 Å². The SMILES string of the molecule is CC(C)COc1cc(C#N)cc(OCC(C)C)c1[NH]. The highest BCUT2D eigenvalue weighted by Crippen LogP contribution is 2.35. The Kier molecular flexibility index (Phi) is 5.50. The minimum atomic E-state index is 0.209. The van der Waals surface area contributed by atoms with Crippen LogP contribution < -0.4 is 15.2 Å². The average molecular weight is 261 g/mol. The van der Waals surface area contributed by atoms with Gasteiger partial charge in [0.05, 0.1) is 24.8 Å². The molecule has 0 amide bonds. The highest BCUT2D eigenvalue weighted by molar-refractivity contribution is 5.63. The number of benzene rings is 1. The molecule has 19 heavy (non-hydrogen) atoms. The molecule has 0 spiro atoms. The Morgan fingerprint density at radius 3 is 1.79 bits per heavy atom. The van der Waals surface area contributed by atoms with Crippen LogP contribution in [0.2, 0.25) is 0 Å². The molecule has 0 aromatic heterocycles. The van der Waals surface area contributed by atoms with Gasteiger partial charge in [0.15, 0.2) is 0 Å². The van der Waals surface area contributed by atoms with Crippen molar-refractivity contribution in [2.75, 3.05) is 13.2 Å². The van der Waals surface area contributed by atoms with Crippen LogP contribution in [0.1, 0.15) is 33.3 Å². The molecule has 0 aliphatic rings. The lowest BCUT2D eigenvalue weighted by atomic mass is 10.1. The maximum atomic E-state index is 9.01. The zero-order valence-electron chi connectivity index (χ0n) is 12.0. The van der Waals surface area contributed by atoms with Crippen molar-refractivity contribution in [3.05, 3.63) is 17.7 Å². The number of nitrogens with zero attached hydrogens (tertiary/aromatic N) is 1. The second-order valence-electron chi connectivity index (χ2n) is 5.37. The van der Waals surface area contributed by atoms with Crippen molar-refractivity contribution in [3.8, 4) is 17.6 Å². The zero-order chi connectivity index (χ0) is 14.4. The van der Waals surface area contributed by atoms with Gasteiger partial charge in [0.1, 0.15) is 17.2 Å². The minimum Gasteiger partial charge on any atom is -0.491 e. The summed E-state index contributed by atoms with van der Waals surface area (Å²) in [7, 11) is 0. The Morgan fingerprint density at radius 2 is 1.47 bits per heavy atom. The summed E-state index contributed by atoms with van der Waals surface area (Å²) >= 11 is 0. The molecular formula is C15H21N2O2. The van der Waals surface area contributed by atoms with Gasteiger partial charge in [-0.1, -0.05) is 27.7 Å². The fourth-order valence-corrected chi connectivity index (χ4v) is 1.40. The van der Waals surface area contributed by atoms with Gasteiger partial charge in [0.2, 0.25) is 0 Å². The van der Waals surface area contributed by atoms with E-state index in [-0.39, 0.29) is 5.69 Å². The molecule has 4 heteroatoms. The number of ether oxygens (including phenoxy) is 2. The van der Waals surface area contributed by atoms with Gasteiger partial charge in [-0.15, -0.1) is 0 Å². The van der Waals surface area contributed by atoms with E-state index in [2.05, 4.69) is 6.07 Å². The third-order valence-electron chi connectivity index (χ3n) is 2.34. The van der Waals surface area contributed by atoms with Gasteiger partial charge in [-0.05, 0) is 11.8 Å². The van der Waals surface area contributed by atoms with Gasteiger partial charge in [-0.2, -0.15) is 5.26 Å². The van der Waals surface area contributed by atoms with E-state index in [1.807, 2.05) is 27.7 Å². The summed E-state index contributed by atoms with van der Waals surface area (Å²) in [6.07, 6.45) is 0. The molecule has 0 unspecified atom stereocenters. The summed E-state index contributed by atoms with van der Waals surface area (Å²) in [6.45, 7) is 9.18. The third-order valence-corrected chi connectivity index (χ3v) is 2.34. The van der Waals surface area contributed by atoms with Gasteiger partial charge in [0.25, 0.3) is 0 Å². The van der Waals surface area contributed by atoms with E-state index >= 15 is 0 Å². The van der Waals surface area contributed by atoms with Crippen LogP contribution in [-0.2, 0) is 0 Å². The minimum absolute atomic E-state index is 0.209. The van der Waals surface area contributed by atoms with Gasteiger partial charge in [0, 0.05) is 12.1 Å². The first-order valence-electron chi connectivity index (χ1n) is 6.49. The quantitative estimate of drug-likeness (QED) is 0.786. The monoisotopic (exact) mass is 261 g/mol. The summed E-state index contributed by atoms with van der Waals surface area (Å²) < 4.78 is 11.1. The summed E-state index contributed by atoms with van der Waals surface area (Å²) in [5.74, 6) is 1.55. The zero-order valence-corrected chi connectivity index (χ0v) is 12.0. The molecule has 0 saturated heterocycles. The van der Waals surface area contributed by atoms with E-state index < -0.39 is 0 Å². The molecular weight excluding hydrogens is 240 g/mol. The third kappa shape index (κ3) is 4.70. The topological polar surface area (TPSA) is 66.0 Å². The lowest BCUT2D eigenvalue weighted by Crippen LogP contribution is -2.08. The van der Waals surface area contributed by atoms with Crippen LogP contribution in [0.25, 0.3) is 0 Å². The van der Waals surface area contributed by atoms with E-state index in [1.165, 1.54) is 0 Å². The predicted octanol–water partition coefficient (Wildman–Crippen LogP) is 3.54. The van der Waals surface area contributed by atoms with Crippen molar-refractivity contribution >= 4 is 5.69 Å². The summed E-state index contributed by atoms with van der Waals surface area (Å²) in [5, 5.41) is 9.01. The Hall–Kier alpha value is -1.89. The fourth-order valence-electron chi connectivity index (χ4n) is 1.40. The molecule has 0 saturated carbocycles. The van der Waals surface area contributed by atoms with Gasteiger partial charge in [-0.3, -0.25) is 5.73 Å². The molecule has 0 aliphatic heterocycles. The van der Waals surface area contributed by atoms with Crippen molar-refractivity contribution < 1.29 is 9.47 Å². The van der Waals surface area contributed by atoms with Crippen LogP contribution in [0.4, 0.5) is 5.69 Å². The normalized spacial score (nSPS) is 10.6. The van der Waals surface area contributed by atoms with Crippen molar-refractivity contribution in [3.63, 3.8) is 0 Å². The van der Waals surface area contributed by atoms with E-state index in [0.29, 0.717) is 42.1 Å². The molecule has 0 heterocycles. The fraction of sp³-hybridized carbons (Fsp3) is 0.533. The first-order valence-corrected chi connectivity index (χ1v) is 6.49. The Labute approximate surface area is 115 Å². The van der Waals surface area contributed by atoms with E-state index in [9.17, 15) is 0 Å².